The number of hydrogen-bond acceptors (Lipinski definition) is 22. The average molecular weight is 1610 g/mol. The minimum absolute atomic E-state index is 0. The Morgan fingerprint density at radius 3 is 1.45 bits per heavy atom. The van der Waals surface area contributed by atoms with Crippen LogP contribution in [0.3, 0.4) is 0 Å². The van der Waals surface area contributed by atoms with Crippen LogP contribution in [0.15, 0.2) is 200 Å². The maximum Gasteiger partial charge on any atom is 0.415 e. The molecule has 2 aliphatic rings. The highest BCUT2D eigenvalue weighted by molar-refractivity contribution is 5.93. The first-order chi connectivity index (χ1) is 55.5. The van der Waals surface area contributed by atoms with Crippen LogP contribution in [0.1, 0.15) is 13.8 Å². The molecule has 0 radical (unpaired) electrons. The van der Waals surface area contributed by atoms with E-state index in [9.17, 15) is 70.3 Å². The van der Waals surface area contributed by atoms with Crippen LogP contribution in [-0.2, 0) is 30.9 Å². The summed E-state index contributed by atoms with van der Waals surface area (Å²) in [6, 6.07) is 53.2. The van der Waals surface area contributed by atoms with Gasteiger partial charge in [0, 0.05) is 112 Å². The van der Waals surface area contributed by atoms with Gasteiger partial charge in [-0.2, -0.15) is 28.4 Å². The number of rotatable bonds is 13. The third kappa shape index (κ3) is 17.6. The fourth-order valence-electron chi connectivity index (χ4n) is 13.1. The summed E-state index contributed by atoms with van der Waals surface area (Å²) in [5, 5.41) is 97.1. The van der Waals surface area contributed by atoms with Crippen LogP contribution in [-0.4, -0.2) is 164 Å². The number of fused-ring (bicyclic) bond motifs is 9. The number of likely N-dealkylation sites (N-methyl/N-ethyl adjacent to an activating group) is 2. The molecule has 34 nitrogen and oxygen atoms in total. The lowest BCUT2D eigenvalue weighted by Gasteiger charge is -2.31. The number of halogens is 1. The average Bonchev–Trinajstić information content (AvgIpc) is 0.787. The van der Waals surface area contributed by atoms with Crippen molar-refractivity contribution in [3.63, 3.8) is 0 Å². The first-order valence-corrected chi connectivity index (χ1v) is 36.1. The third-order valence-electron chi connectivity index (χ3n) is 18.9. The van der Waals surface area contributed by atoms with Gasteiger partial charge in [0.2, 0.25) is 17.0 Å². The van der Waals surface area contributed by atoms with Crippen LogP contribution in [0, 0.1) is 36.2 Å². The van der Waals surface area contributed by atoms with Crippen molar-refractivity contribution < 1.29 is 113 Å². The summed E-state index contributed by atoms with van der Waals surface area (Å²) in [5.74, 6) is -0.903. The molecule has 2 aliphatic heterocycles. The van der Waals surface area contributed by atoms with Crippen LogP contribution in [0.5, 0.6) is 40.2 Å². The number of primary amides is 1. The first-order valence-electron chi connectivity index (χ1n) is 36.1. The molecule has 600 valence electrons. The molecule has 7 heterocycles. The zero-order chi connectivity index (χ0) is 81.7. The van der Waals surface area contributed by atoms with Gasteiger partial charge in [0.25, 0.3) is 50.4 Å². The van der Waals surface area contributed by atoms with Gasteiger partial charge in [0.05, 0.1) is 35.5 Å². The van der Waals surface area contributed by atoms with Crippen LogP contribution in [0.25, 0.3) is 98.9 Å². The predicted octanol–water partition coefficient (Wildman–Crippen LogP) is 3.52. The number of amides is 4. The number of ether oxygens (including phenoxy) is 7. The van der Waals surface area contributed by atoms with E-state index in [-0.39, 0.29) is 104 Å². The molecule has 35 heteroatoms. The molecule has 14 aromatic rings. The van der Waals surface area contributed by atoms with Gasteiger partial charge in [-0.25, -0.2) is 14.4 Å². The Kier molecular flexibility index (Phi) is 26.2. The maximum absolute atomic E-state index is 12.8. The number of carbonyl (C=O) groups excluding carboxylic acids is 5. The smallest absolute Gasteiger partial charge is 0.415 e. The topological polar surface area (TPSA) is 419 Å². The van der Waals surface area contributed by atoms with Crippen LogP contribution in [0.2, 0.25) is 0 Å². The fraction of sp³-hybridized carbons (Fsp3) is 0.222. The summed E-state index contributed by atoms with van der Waals surface area (Å²) >= 11 is 0. The molecular weight excluding hydrogens is 1530 g/mol. The number of aromatic hydroxyl groups is 2. The minimum Gasteiger partial charge on any atom is -1.00 e. The van der Waals surface area contributed by atoms with Crippen molar-refractivity contribution in [1.82, 2.24) is 24.2 Å². The number of benzene rings is 9. The van der Waals surface area contributed by atoms with Crippen molar-refractivity contribution in [2.45, 2.75) is 13.8 Å². The highest BCUT2D eigenvalue weighted by Crippen LogP contribution is 2.31. The Bertz CT molecular complexity index is 6120. The number of aromatic nitrogens is 8. The number of para-hydroxylation sites is 10. The quantitative estimate of drug-likeness (QED) is 0.0643. The molecule has 4 N–H and O–H groups in total. The summed E-state index contributed by atoms with van der Waals surface area (Å²) in [6.07, 6.45) is 0.521. The summed E-state index contributed by atoms with van der Waals surface area (Å²) in [6.45, 7) is 8.84. The Hall–Kier alpha value is -14.4. The molecule has 0 saturated carbocycles. The number of aryl methyl sites for hydroxylation is 1. The molecular formula is C81H78ClN13O21. The van der Waals surface area contributed by atoms with Gasteiger partial charge in [-0.1, -0.05) is 66.7 Å². The van der Waals surface area contributed by atoms with Crippen LogP contribution >= 0.6 is 0 Å². The van der Waals surface area contributed by atoms with Gasteiger partial charge in [-0.3, -0.25) is 9.59 Å². The number of nitrogens with zero attached hydrogens (tertiary/aromatic N) is 12. The van der Waals surface area contributed by atoms with Crippen molar-refractivity contribution in [3.05, 3.63) is 236 Å². The Labute approximate surface area is 665 Å². The van der Waals surface area contributed by atoms with Gasteiger partial charge in [0.1, 0.15) is 11.0 Å². The van der Waals surface area contributed by atoms with E-state index in [4.69, 9.17) is 34.2 Å². The van der Waals surface area contributed by atoms with E-state index in [1.165, 1.54) is 80.0 Å². The first kappa shape index (κ1) is 82.6. The number of morpholine rings is 1. The second-order valence-electron chi connectivity index (χ2n) is 26.0. The molecule has 116 heavy (non-hydrogen) atoms. The van der Waals surface area contributed by atoms with E-state index >= 15 is 0 Å². The maximum atomic E-state index is 12.8. The van der Waals surface area contributed by atoms with Gasteiger partial charge in [-0.15, -0.1) is 0 Å². The number of methoxy groups -OCH3 is 1. The SMILES string of the molecule is CCN(CC)C(=O)COc1cccc2c1[n+]([O-])c1cccc(O)c1[n+]2[O-].CN1CCN(C(=O)Oc2cccc3cc4ccccc4[n+]([O-])c23)CC1.COC(=O)COc1cccc2c1[n+](=O)c1ccccc1n2C.NC(=O)COc1cccc2c1[n+]([O-])c1cccc(O)c1[n+]2[O-].O=C(Oc1cccc2ccc[n+]([O-])c12)N1CCOCC1.[Cl-]. The second kappa shape index (κ2) is 36.8. The van der Waals surface area contributed by atoms with E-state index in [1.54, 1.807) is 93.6 Å². The van der Waals surface area contributed by atoms with Crippen molar-refractivity contribution in [3.8, 4) is 40.2 Å². The highest BCUT2D eigenvalue weighted by Gasteiger charge is 2.32. The highest BCUT2D eigenvalue weighted by atomic mass is 35.5. The van der Waals surface area contributed by atoms with E-state index in [0.717, 1.165) is 49.4 Å². The summed E-state index contributed by atoms with van der Waals surface area (Å²) in [5.41, 5.74) is 8.50. The normalized spacial score (nSPS) is 12.6. The van der Waals surface area contributed by atoms with Crippen LogP contribution in [0.4, 0.5) is 9.59 Å². The number of esters is 1. The molecule has 0 aliphatic carbocycles. The van der Waals surface area contributed by atoms with Gasteiger partial charge >= 0.3 is 45.7 Å². The minimum atomic E-state index is -0.706. The lowest BCUT2D eigenvalue weighted by atomic mass is 10.1. The summed E-state index contributed by atoms with van der Waals surface area (Å²) in [7, 11) is 5.20. The van der Waals surface area contributed by atoms with E-state index in [0.29, 0.717) is 115 Å². The fourth-order valence-corrected chi connectivity index (χ4v) is 13.1. The monoisotopic (exact) mass is 1600 g/mol. The molecule has 2 saturated heterocycles. The van der Waals surface area contributed by atoms with E-state index in [2.05, 4.69) is 9.64 Å². The molecule has 0 spiro atoms. The van der Waals surface area contributed by atoms with E-state index < -0.39 is 30.7 Å². The lowest BCUT2D eigenvalue weighted by molar-refractivity contribution is -0.591. The lowest BCUT2D eigenvalue weighted by Crippen LogP contribution is -3.00. The second-order valence-corrected chi connectivity index (χ2v) is 26.0. The standard InChI is InChI=1S/C19H19N3O3.C18H19N3O5.C16H15N2O4.C14H11N3O5.C14H14N2O4.ClH/c1-20-9-11-21(12-10-20)19(23)25-17-8-4-6-15-13-14-5-2-3-7-16(14)22(24)18(15)17;1-3-19(4-2)16(23)11-26-15-10-6-8-13-18(15)21(25)12-7-5-9-14(22)17(12)20(13)24;1-17-11-6-3-4-7-12(11)18(20)16-13(17)8-5-9-14(16)22-10-15(19)21-2;15-12(19)7-22-11-6-2-4-9-14(11)17(21)8-3-1-5-10(18)13(8)16(9)20;17-14(15-7-9-19-10-8-15)20-12-5-1-3-11-4-2-6-16(18)13(11)12;/h2-8,13H,9-12H2,1H3;5-10,22H,3-4,11H2,1-2H3;3-9H,10H2,1-2H3;1-6,18H,7H2,(H2,15,19);1-6H,7-10H2;1H/q;;+1;;;/p-1. The summed E-state index contributed by atoms with van der Waals surface area (Å²) < 4.78 is 43.1. The molecule has 0 bridgehead atoms. The molecule has 16 rings (SSSR count). The van der Waals surface area contributed by atoms with Gasteiger partial charge in [-0.05, 0) is 106 Å². The zero-order valence-electron chi connectivity index (χ0n) is 63.2. The molecule has 0 atom stereocenters. The number of piperazine rings is 1. The van der Waals surface area contributed by atoms with Gasteiger partial charge < -0.3 is 117 Å². The number of nitrogens with two attached hydrogens (primary N) is 1. The molecule has 9 aromatic carbocycles. The van der Waals surface area contributed by atoms with Gasteiger partial charge in [0.15, 0.2) is 54.8 Å². The van der Waals surface area contributed by atoms with Crippen molar-refractivity contribution in [2.24, 2.45) is 12.8 Å². The molecule has 4 amide bonds. The number of pyridine rings is 2. The Morgan fingerprint density at radius 2 is 0.879 bits per heavy atom. The predicted molar refractivity (Wildman–Crippen MR) is 418 cm³/mol. The number of hydrogen-bond donors (Lipinski definition) is 3. The van der Waals surface area contributed by atoms with E-state index in [1.807, 2.05) is 81.0 Å². The zero-order valence-corrected chi connectivity index (χ0v) is 64.0. The number of carbonyl (C=O) groups is 5. The third-order valence-corrected chi connectivity index (χ3v) is 18.9. The molecule has 5 aromatic heterocycles. The number of phenols is 2. The van der Waals surface area contributed by atoms with Crippen molar-refractivity contribution in [2.75, 3.05) is 99.5 Å². The van der Waals surface area contributed by atoms with Crippen LogP contribution < -0.4 is 74.6 Å². The largest absolute Gasteiger partial charge is 1.00 e. The summed E-state index contributed by atoms with van der Waals surface area (Å²) in [4.78, 5) is 78.4. The van der Waals surface area contributed by atoms with Crippen molar-refractivity contribution in [1.29, 1.82) is 0 Å². The molecule has 0 unspecified atom stereocenters. The molecule has 2 fully saturated rings. The Morgan fingerprint density at radius 1 is 0.457 bits per heavy atom. The Balaban J connectivity index is 0.000000143. The number of phenolic OH excluding ortho intramolecular Hbond substituents is 2. The van der Waals surface area contributed by atoms with Crippen molar-refractivity contribution >= 4 is 129 Å².